The first kappa shape index (κ1) is 19.9. The Balaban J connectivity index is 1.56. The first-order chi connectivity index (χ1) is 13.6. The van der Waals surface area contributed by atoms with E-state index in [1.54, 1.807) is 0 Å². The summed E-state index contributed by atoms with van der Waals surface area (Å²) >= 11 is 0. The molecule has 3 N–H and O–H groups in total. The van der Waals surface area contributed by atoms with E-state index in [0.717, 1.165) is 25.2 Å². The van der Waals surface area contributed by atoms with Crippen molar-refractivity contribution in [3.63, 3.8) is 0 Å². The summed E-state index contributed by atoms with van der Waals surface area (Å²) < 4.78 is 5.42. The van der Waals surface area contributed by atoms with Crippen molar-refractivity contribution in [1.82, 2.24) is 5.32 Å². The SMILES string of the molecule is O=C(O)CCC(Cc1ccccc1)NC(=O)Nc1ccc(C2CCOC2)cc1. The van der Waals surface area contributed by atoms with Gasteiger partial charge in [0.1, 0.15) is 0 Å². The molecule has 0 bridgehead atoms. The average Bonchev–Trinajstić information content (AvgIpc) is 3.22. The molecule has 6 nitrogen and oxygen atoms in total. The molecule has 2 aromatic carbocycles. The number of carboxylic acid groups (broad SMARTS) is 1. The standard InChI is InChI=1S/C22H26N2O4/c25-21(26)11-10-20(14-16-4-2-1-3-5-16)24-22(27)23-19-8-6-17(7-9-19)18-12-13-28-15-18/h1-9,18,20H,10-15H2,(H,25,26)(H2,23,24,27). The molecule has 1 aliphatic heterocycles. The van der Waals surface area contributed by atoms with Crippen molar-refractivity contribution < 1.29 is 19.4 Å². The van der Waals surface area contributed by atoms with E-state index in [2.05, 4.69) is 10.6 Å². The van der Waals surface area contributed by atoms with Gasteiger partial charge in [-0.05, 0) is 42.5 Å². The molecule has 2 unspecified atom stereocenters. The lowest BCUT2D eigenvalue weighted by Gasteiger charge is -2.19. The van der Waals surface area contributed by atoms with Gasteiger partial charge in [0.25, 0.3) is 0 Å². The first-order valence-corrected chi connectivity index (χ1v) is 9.61. The third-order valence-corrected chi connectivity index (χ3v) is 4.94. The van der Waals surface area contributed by atoms with E-state index in [4.69, 9.17) is 9.84 Å². The van der Waals surface area contributed by atoms with Crippen LogP contribution in [-0.2, 0) is 16.0 Å². The number of ether oxygens (including phenoxy) is 1. The third-order valence-electron chi connectivity index (χ3n) is 4.94. The number of aliphatic carboxylic acids is 1. The zero-order valence-electron chi connectivity index (χ0n) is 15.8. The highest BCUT2D eigenvalue weighted by Gasteiger charge is 2.18. The Morgan fingerprint density at radius 3 is 2.50 bits per heavy atom. The molecule has 2 amide bonds. The molecule has 1 heterocycles. The van der Waals surface area contributed by atoms with Crippen LogP contribution < -0.4 is 10.6 Å². The summed E-state index contributed by atoms with van der Waals surface area (Å²) in [5.74, 6) is -0.444. The lowest BCUT2D eigenvalue weighted by molar-refractivity contribution is -0.137. The van der Waals surface area contributed by atoms with Gasteiger partial charge >= 0.3 is 12.0 Å². The van der Waals surface area contributed by atoms with E-state index in [1.165, 1.54) is 5.56 Å². The van der Waals surface area contributed by atoms with E-state index >= 15 is 0 Å². The molecular formula is C22H26N2O4. The van der Waals surface area contributed by atoms with Crippen LogP contribution in [-0.4, -0.2) is 36.4 Å². The fourth-order valence-electron chi connectivity index (χ4n) is 3.41. The highest BCUT2D eigenvalue weighted by Crippen LogP contribution is 2.26. The highest BCUT2D eigenvalue weighted by atomic mass is 16.5. The molecule has 148 valence electrons. The molecular weight excluding hydrogens is 356 g/mol. The van der Waals surface area contributed by atoms with Crippen LogP contribution in [0.3, 0.4) is 0 Å². The zero-order valence-corrected chi connectivity index (χ0v) is 15.8. The van der Waals surface area contributed by atoms with Crippen molar-refractivity contribution in [3.05, 3.63) is 65.7 Å². The molecule has 2 aromatic rings. The number of anilines is 1. The first-order valence-electron chi connectivity index (χ1n) is 9.61. The number of hydrogen-bond donors (Lipinski definition) is 3. The summed E-state index contributed by atoms with van der Waals surface area (Å²) in [6.07, 6.45) is 1.99. The number of carboxylic acids is 1. The number of carbonyl (C=O) groups is 2. The van der Waals surface area contributed by atoms with Crippen LogP contribution >= 0.6 is 0 Å². The van der Waals surface area contributed by atoms with Crippen LogP contribution in [0.1, 0.15) is 36.3 Å². The summed E-state index contributed by atoms with van der Waals surface area (Å²) in [5.41, 5.74) is 2.98. The van der Waals surface area contributed by atoms with Crippen LogP contribution in [0, 0.1) is 0 Å². The second-order valence-corrected chi connectivity index (χ2v) is 7.10. The van der Waals surface area contributed by atoms with Gasteiger partial charge in [0.05, 0.1) is 6.61 Å². The predicted octanol–water partition coefficient (Wildman–Crippen LogP) is 3.79. The maximum Gasteiger partial charge on any atom is 0.319 e. The molecule has 0 radical (unpaired) electrons. The number of rotatable bonds is 8. The molecule has 0 aliphatic carbocycles. The van der Waals surface area contributed by atoms with E-state index in [0.29, 0.717) is 24.4 Å². The fourth-order valence-corrected chi connectivity index (χ4v) is 3.41. The number of benzene rings is 2. The molecule has 1 saturated heterocycles. The minimum atomic E-state index is -0.869. The molecule has 6 heteroatoms. The number of hydrogen-bond acceptors (Lipinski definition) is 3. The Bertz CT molecular complexity index is 771. The van der Waals surface area contributed by atoms with Crippen LogP contribution in [0.2, 0.25) is 0 Å². The van der Waals surface area contributed by atoms with E-state index in [9.17, 15) is 9.59 Å². The number of carbonyl (C=O) groups excluding carboxylic acids is 1. The van der Waals surface area contributed by atoms with Crippen molar-refractivity contribution in [2.24, 2.45) is 0 Å². The summed E-state index contributed by atoms with van der Waals surface area (Å²) in [6, 6.07) is 16.9. The Labute approximate surface area is 164 Å². The summed E-state index contributed by atoms with van der Waals surface area (Å²) in [6.45, 7) is 1.55. The normalized spacial score (nSPS) is 17.1. The monoisotopic (exact) mass is 382 g/mol. The van der Waals surface area contributed by atoms with Gasteiger partial charge in [-0.3, -0.25) is 4.79 Å². The minimum Gasteiger partial charge on any atom is -0.481 e. The summed E-state index contributed by atoms with van der Waals surface area (Å²) in [5, 5.41) is 14.7. The minimum absolute atomic E-state index is 0.00986. The maximum atomic E-state index is 12.4. The number of amides is 2. The molecule has 2 atom stereocenters. The Morgan fingerprint density at radius 2 is 1.86 bits per heavy atom. The van der Waals surface area contributed by atoms with Gasteiger partial charge in [-0.1, -0.05) is 42.5 Å². The lowest BCUT2D eigenvalue weighted by atomic mass is 9.98. The van der Waals surface area contributed by atoms with Crippen molar-refractivity contribution in [1.29, 1.82) is 0 Å². The van der Waals surface area contributed by atoms with Crippen LogP contribution in [0.15, 0.2) is 54.6 Å². The Morgan fingerprint density at radius 1 is 1.11 bits per heavy atom. The smallest absolute Gasteiger partial charge is 0.319 e. The van der Waals surface area contributed by atoms with Gasteiger partial charge in [0.15, 0.2) is 0 Å². The second kappa shape index (κ2) is 9.90. The maximum absolute atomic E-state index is 12.4. The molecule has 3 rings (SSSR count). The fraction of sp³-hybridized carbons (Fsp3) is 0.364. The van der Waals surface area contributed by atoms with Crippen LogP contribution in [0.5, 0.6) is 0 Å². The molecule has 0 aromatic heterocycles. The Hall–Kier alpha value is -2.86. The van der Waals surface area contributed by atoms with E-state index in [1.807, 2.05) is 54.6 Å². The quantitative estimate of drug-likeness (QED) is 0.648. The van der Waals surface area contributed by atoms with Crippen molar-refractivity contribution in [3.8, 4) is 0 Å². The number of nitrogens with one attached hydrogen (secondary N) is 2. The third kappa shape index (κ3) is 6.09. The summed E-state index contributed by atoms with van der Waals surface area (Å²) in [7, 11) is 0. The average molecular weight is 382 g/mol. The lowest BCUT2D eigenvalue weighted by Crippen LogP contribution is -2.39. The number of urea groups is 1. The zero-order chi connectivity index (χ0) is 19.8. The van der Waals surface area contributed by atoms with Crippen molar-refractivity contribution in [2.75, 3.05) is 18.5 Å². The molecule has 1 fully saturated rings. The van der Waals surface area contributed by atoms with E-state index in [-0.39, 0.29) is 18.5 Å². The van der Waals surface area contributed by atoms with Gasteiger partial charge in [-0.25, -0.2) is 4.79 Å². The molecule has 1 aliphatic rings. The van der Waals surface area contributed by atoms with E-state index < -0.39 is 5.97 Å². The van der Waals surface area contributed by atoms with Gasteiger partial charge in [-0.2, -0.15) is 0 Å². The molecule has 0 saturated carbocycles. The van der Waals surface area contributed by atoms with Crippen LogP contribution in [0.25, 0.3) is 0 Å². The molecule has 0 spiro atoms. The Kier molecular flexibility index (Phi) is 7.03. The predicted molar refractivity (Wildman–Crippen MR) is 108 cm³/mol. The highest BCUT2D eigenvalue weighted by molar-refractivity contribution is 5.89. The van der Waals surface area contributed by atoms with Gasteiger partial charge < -0.3 is 20.5 Å². The van der Waals surface area contributed by atoms with Gasteiger partial charge in [0, 0.05) is 30.7 Å². The van der Waals surface area contributed by atoms with Crippen molar-refractivity contribution >= 4 is 17.7 Å². The topological polar surface area (TPSA) is 87.7 Å². The summed E-state index contributed by atoms with van der Waals surface area (Å²) in [4.78, 5) is 23.3. The van der Waals surface area contributed by atoms with Gasteiger partial charge in [-0.15, -0.1) is 0 Å². The largest absolute Gasteiger partial charge is 0.481 e. The van der Waals surface area contributed by atoms with Gasteiger partial charge in [0.2, 0.25) is 0 Å². The second-order valence-electron chi connectivity index (χ2n) is 7.10. The van der Waals surface area contributed by atoms with Crippen molar-refractivity contribution in [2.45, 2.75) is 37.6 Å². The molecule has 28 heavy (non-hydrogen) atoms. The van der Waals surface area contributed by atoms with Crippen LogP contribution in [0.4, 0.5) is 10.5 Å².